The second kappa shape index (κ2) is 7.69. The molecule has 1 aliphatic carbocycles. The Labute approximate surface area is 223 Å². The van der Waals surface area contributed by atoms with Gasteiger partial charge in [0.25, 0.3) is 0 Å². The number of hydrogen-bond acceptors (Lipinski definition) is 1. The normalized spacial score (nSPS) is 13.9. The Morgan fingerprint density at radius 3 is 2.03 bits per heavy atom. The molecular formula is C37H26O. The van der Waals surface area contributed by atoms with Crippen molar-refractivity contribution in [1.82, 2.24) is 0 Å². The van der Waals surface area contributed by atoms with Gasteiger partial charge in [0.15, 0.2) is 0 Å². The van der Waals surface area contributed by atoms with Crippen LogP contribution in [0.2, 0.25) is 0 Å². The summed E-state index contributed by atoms with van der Waals surface area (Å²) in [6.07, 6.45) is 0. The van der Waals surface area contributed by atoms with Crippen LogP contribution in [0, 0.1) is 0 Å². The molecule has 1 nitrogen and oxygen atoms in total. The van der Waals surface area contributed by atoms with Gasteiger partial charge in [-0.05, 0) is 79.7 Å². The van der Waals surface area contributed by atoms with Crippen molar-refractivity contribution >= 4 is 10.8 Å². The summed E-state index contributed by atoms with van der Waals surface area (Å²) in [6.45, 7) is 4.67. The van der Waals surface area contributed by atoms with Gasteiger partial charge in [-0.15, -0.1) is 0 Å². The van der Waals surface area contributed by atoms with Crippen molar-refractivity contribution in [1.29, 1.82) is 0 Å². The van der Waals surface area contributed by atoms with Gasteiger partial charge >= 0.3 is 0 Å². The van der Waals surface area contributed by atoms with Crippen LogP contribution in [0.5, 0.6) is 11.5 Å². The molecule has 2 aliphatic rings. The van der Waals surface area contributed by atoms with E-state index in [1.165, 1.54) is 60.8 Å². The number of fused-ring (bicyclic) bond motifs is 5. The third-order valence-corrected chi connectivity index (χ3v) is 8.49. The SMILES string of the molecule is CC1(C)c2ccccc2-c2ccc(-c3ccc4c(c3)-c3cccc5c(-c6ccccc6)ccc(c35)O4)cc21. The van der Waals surface area contributed by atoms with Crippen molar-refractivity contribution in [3.8, 4) is 56.0 Å². The van der Waals surface area contributed by atoms with E-state index in [2.05, 4.69) is 135 Å². The van der Waals surface area contributed by atoms with Crippen LogP contribution in [0.25, 0.3) is 55.3 Å². The van der Waals surface area contributed by atoms with Crippen LogP contribution in [0.4, 0.5) is 0 Å². The Bertz CT molecular complexity index is 1910. The van der Waals surface area contributed by atoms with Gasteiger partial charge in [0.1, 0.15) is 11.5 Å². The Balaban J connectivity index is 1.29. The van der Waals surface area contributed by atoms with Crippen LogP contribution in [0.1, 0.15) is 25.0 Å². The lowest BCUT2D eigenvalue weighted by molar-refractivity contribution is 0.487. The zero-order valence-electron chi connectivity index (χ0n) is 21.5. The van der Waals surface area contributed by atoms with E-state index in [4.69, 9.17) is 4.74 Å². The fourth-order valence-corrected chi connectivity index (χ4v) is 6.56. The lowest BCUT2D eigenvalue weighted by atomic mass is 9.81. The van der Waals surface area contributed by atoms with Crippen molar-refractivity contribution in [3.05, 3.63) is 132 Å². The minimum absolute atomic E-state index is 0.0162. The van der Waals surface area contributed by atoms with E-state index >= 15 is 0 Å². The van der Waals surface area contributed by atoms with Crippen LogP contribution in [0.3, 0.4) is 0 Å². The summed E-state index contributed by atoms with van der Waals surface area (Å²) in [7, 11) is 0. The van der Waals surface area contributed by atoms with Crippen LogP contribution in [-0.4, -0.2) is 0 Å². The molecule has 0 spiro atoms. The van der Waals surface area contributed by atoms with Gasteiger partial charge in [-0.25, -0.2) is 0 Å². The highest BCUT2D eigenvalue weighted by molar-refractivity contribution is 6.10. The molecule has 0 fully saturated rings. The van der Waals surface area contributed by atoms with Gasteiger partial charge in [0.2, 0.25) is 0 Å². The first kappa shape index (κ1) is 21.5. The summed E-state index contributed by atoms with van der Waals surface area (Å²) in [4.78, 5) is 0. The average molecular weight is 487 g/mol. The van der Waals surface area contributed by atoms with Crippen molar-refractivity contribution in [3.63, 3.8) is 0 Å². The predicted molar refractivity (Wildman–Crippen MR) is 158 cm³/mol. The molecule has 38 heavy (non-hydrogen) atoms. The molecule has 0 saturated carbocycles. The Kier molecular flexibility index (Phi) is 4.35. The second-order valence-electron chi connectivity index (χ2n) is 10.9. The predicted octanol–water partition coefficient (Wildman–Crippen LogP) is 10.3. The highest BCUT2D eigenvalue weighted by atomic mass is 16.5. The van der Waals surface area contributed by atoms with E-state index in [1.807, 2.05) is 0 Å². The first-order chi connectivity index (χ1) is 18.6. The van der Waals surface area contributed by atoms with Gasteiger partial charge < -0.3 is 4.74 Å². The fraction of sp³-hybridized carbons (Fsp3) is 0.0811. The standard InChI is InChI=1S/C37H26O/c1-37(2)32-14-7-6-11-27(32)28-17-15-25(22-33(28)37)24-16-19-34-31(21-24)30-13-8-12-29-26(23-9-4-3-5-10-23)18-20-35(38-34)36(29)30/h3-22H,1-2H3. The number of benzene rings is 6. The maximum Gasteiger partial charge on any atom is 0.135 e. The quantitative estimate of drug-likeness (QED) is 0.236. The number of rotatable bonds is 2. The van der Waals surface area contributed by atoms with E-state index < -0.39 is 0 Å². The van der Waals surface area contributed by atoms with E-state index in [1.54, 1.807) is 0 Å². The van der Waals surface area contributed by atoms with E-state index in [0.717, 1.165) is 17.1 Å². The molecule has 6 aromatic rings. The van der Waals surface area contributed by atoms with Crippen molar-refractivity contribution in [2.75, 3.05) is 0 Å². The summed E-state index contributed by atoms with van der Waals surface area (Å²) in [6, 6.07) is 43.9. The molecule has 180 valence electrons. The molecule has 0 amide bonds. The van der Waals surface area contributed by atoms with Gasteiger partial charge in [0.05, 0.1) is 0 Å². The summed E-state index contributed by atoms with van der Waals surface area (Å²) in [5, 5.41) is 2.41. The van der Waals surface area contributed by atoms with Gasteiger partial charge in [-0.2, -0.15) is 0 Å². The molecule has 0 unspecified atom stereocenters. The zero-order valence-corrected chi connectivity index (χ0v) is 21.5. The molecule has 0 aromatic heterocycles. The fourth-order valence-electron chi connectivity index (χ4n) is 6.56. The molecule has 0 bridgehead atoms. The van der Waals surface area contributed by atoms with Gasteiger partial charge in [-0.3, -0.25) is 0 Å². The largest absolute Gasteiger partial charge is 0.456 e. The second-order valence-corrected chi connectivity index (χ2v) is 10.9. The average Bonchev–Trinajstić information content (AvgIpc) is 3.20. The van der Waals surface area contributed by atoms with Crippen LogP contribution in [0.15, 0.2) is 121 Å². The molecule has 1 heteroatoms. The van der Waals surface area contributed by atoms with E-state index in [9.17, 15) is 0 Å². The van der Waals surface area contributed by atoms with Crippen molar-refractivity contribution in [2.45, 2.75) is 19.3 Å². The molecule has 0 radical (unpaired) electrons. The summed E-state index contributed by atoms with van der Waals surface area (Å²) < 4.78 is 6.48. The molecule has 8 rings (SSSR count). The maximum atomic E-state index is 6.48. The molecule has 0 N–H and O–H groups in total. The third-order valence-electron chi connectivity index (χ3n) is 8.49. The van der Waals surface area contributed by atoms with Crippen LogP contribution >= 0.6 is 0 Å². The lowest BCUT2D eigenvalue weighted by Gasteiger charge is -2.24. The summed E-state index contributed by atoms with van der Waals surface area (Å²) >= 11 is 0. The first-order valence-corrected chi connectivity index (χ1v) is 13.3. The Hall–Kier alpha value is -4.62. The highest BCUT2D eigenvalue weighted by Crippen LogP contribution is 2.51. The molecule has 6 aromatic carbocycles. The molecule has 0 saturated heterocycles. The van der Waals surface area contributed by atoms with E-state index in [-0.39, 0.29) is 5.41 Å². The monoisotopic (exact) mass is 486 g/mol. The number of hydrogen-bond donors (Lipinski definition) is 0. The zero-order chi connectivity index (χ0) is 25.4. The molecular weight excluding hydrogens is 460 g/mol. The summed E-state index contributed by atoms with van der Waals surface area (Å²) in [5.74, 6) is 1.84. The molecule has 0 atom stereocenters. The van der Waals surface area contributed by atoms with Gasteiger partial charge in [-0.1, -0.05) is 111 Å². The molecule has 1 heterocycles. The summed E-state index contributed by atoms with van der Waals surface area (Å²) in [5.41, 5.74) is 12.8. The van der Waals surface area contributed by atoms with Gasteiger partial charge in [0, 0.05) is 16.4 Å². The molecule has 1 aliphatic heterocycles. The minimum Gasteiger partial charge on any atom is -0.456 e. The topological polar surface area (TPSA) is 9.23 Å². The smallest absolute Gasteiger partial charge is 0.135 e. The Morgan fingerprint density at radius 2 is 1.13 bits per heavy atom. The van der Waals surface area contributed by atoms with Crippen molar-refractivity contribution in [2.24, 2.45) is 0 Å². The maximum absolute atomic E-state index is 6.48. The Morgan fingerprint density at radius 1 is 0.447 bits per heavy atom. The first-order valence-electron chi connectivity index (χ1n) is 13.3. The minimum atomic E-state index is -0.0162. The van der Waals surface area contributed by atoms with Crippen molar-refractivity contribution < 1.29 is 4.74 Å². The van der Waals surface area contributed by atoms with Crippen LogP contribution < -0.4 is 4.74 Å². The lowest BCUT2D eigenvalue weighted by Crippen LogP contribution is -2.14. The van der Waals surface area contributed by atoms with Crippen LogP contribution in [-0.2, 0) is 5.41 Å². The van der Waals surface area contributed by atoms with E-state index in [0.29, 0.717) is 0 Å². The number of ether oxygens (including phenoxy) is 1. The third kappa shape index (κ3) is 2.93. The highest BCUT2D eigenvalue weighted by Gasteiger charge is 2.35.